The molecule has 1 rings (SSSR count). The highest BCUT2D eigenvalue weighted by Crippen LogP contribution is 2.26. The quantitative estimate of drug-likeness (QED) is 0.685. The molecule has 0 aliphatic heterocycles. The molecule has 2 atom stereocenters. The minimum Gasteiger partial charge on any atom is -0.490 e. The van der Waals surface area contributed by atoms with E-state index in [4.69, 9.17) is 9.47 Å². The highest BCUT2D eigenvalue weighted by atomic mass is 19.1. The van der Waals surface area contributed by atoms with E-state index in [1.165, 1.54) is 18.2 Å². The lowest BCUT2D eigenvalue weighted by atomic mass is 10.1. The van der Waals surface area contributed by atoms with E-state index in [-0.39, 0.29) is 19.0 Å². The minimum atomic E-state index is -0.781. The summed E-state index contributed by atoms with van der Waals surface area (Å²) in [4.78, 5) is 0. The molecule has 20 heavy (non-hydrogen) atoms. The van der Waals surface area contributed by atoms with Crippen LogP contribution in [0, 0.1) is 5.82 Å². The number of aliphatic hydroxyl groups is 2. The second-order valence-electron chi connectivity index (χ2n) is 4.75. The second kappa shape index (κ2) is 8.89. The van der Waals surface area contributed by atoms with Crippen LogP contribution in [0.25, 0.3) is 0 Å². The van der Waals surface area contributed by atoms with Crippen LogP contribution in [-0.4, -0.2) is 36.1 Å². The van der Waals surface area contributed by atoms with Gasteiger partial charge in [-0.25, -0.2) is 4.39 Å². The second-order valence-corrected chi connectivity index (χ2v) is 4.75. The zero-order chi connectivity index (χ0) is 15.0. The van der Waals surface area contributed by atoms with E-state index >= 15 is 0 Å². The van der Waals surface area contributed by atoms with E-state index in [0.29, 0.717) is 12.2 Å². The fourth-order valence-corrected chi connectivity index (χ4v) is 1.68. The van der Waals surface area contributed by atoms with Gasteiger partial charge >= 0.3 is 0 Å². The molecule has 1 aromatic carbocycles. The Hall–Kier alpha value is -1.17. The van der Waals surface area contributed by atoms with E-state index in [0.717, 1.165) is 12.8 Å². The van der Waals surface area contributed by atoms with Gasteiger partial charge in [0.1, 0.15) is 24.3 Å². The smallest absolute Gasteiger partial charge is 0.128 e. The van der Waals surface area contributed by atoms with E-state index < -0.39 is 18.0 Å². The molecule has 0 radical (unpaired) electrons. The first kappa shape index (κ1) is 16.9. The lowest BCUT2D eigenvalue weighted by Crippen LogP contribution is -2.24. The maximum Gasteiger partial charge on any atom is 0.128 e. The Morgan fingerprint density at radius 2 is 2.00 bits per heavy atom. The molecule has 0 aromatic heterocycles. The Kier molecular flexibility index (Phi) is 7.51. The van der Waals surface area contributed by atoms with Crippen LogP contribution in [0.3, 0.4) is 0 Å². The molecule has 0 heterocycles. The maximum absolute atomic E-state index is 13.2. The Bertz CT molecular complexity index is 395. The van der Waals surface area contributed by atoms with Crippen LogP contribution >= 0.6 is 0 Å². The average Bonchev–Trinajstić information content (AvgIpc) is 2.41. The van der Waals surface area contributed by atoms with E-state index in [1.807, 2.05) is 0 Å². The van der Waals surface area contributed by atoms with Crippen molar-refractivity contribution in [3.05, 3.63) is 29.6 Å². The van der Waals surface area contributed by atoms with Crippen LogP contribution in [0.1, 0.15) is 38.4 Å². The van der Waals surface area contributed by atoms with Crippen molar-refractivity contribution in [1.29, 1.82) is 0 Å². The van der Waals surface area contributed by atoms with E-state index in [9.17, 15) is 14.6 Å². The number of hydrogen-bond donors (Lipinski definition) is 2. The Balaban J connectivity index is 2.46. The fourth-order valence-electron chi connectivity index (χ4n) is 1.68. The van der Waals surface area contributed by atoms with Crippen LogP contribution in [0.4, 0.5) is 4.39 Å². The zero-order valence-corrected chi connectivity index (χ0v) is 12.0. The third-order valence-corrected chi connectivity index (χ3v) is 2.81. The molecular weight excluding hydrogens is 263 g/mol. The summed E-state index contributed by atoms with van der Waals surface area (Å²) < 4.78 is 23.8. The summed E-state index contributed by atoms with van der Waals surface area (Å²) in [5.41, 5.74) is 0.491. The van der Waals surface area contributed by atoms with E-state index in [1.54, 1.807) is 6.92 Å². The van der Waals surface area contributed by atoms with Crippen molar-refractivity contribution >= 4 is 0 Å². The predicted octanol–water partition coefficient (Wildman–Crippen LogP) is 2.44. The number of ether oxygens (including phenoxy) is 2. The third-order valence-electron chi connectivity index (χ3n) is 2.81. The molecule has 1 unspecified atom stereocenters. The SMILES string of the molecule is CCCCOCC(O)COc1cc(F)ccc1[C@H](C)O. The van der Waals surface area contributed by atoms with Gasteiger partial charge in [0, 0.05) is 18.2 Å². The van der Waals surface area contributed by atoms with Crippen molar-refractivity contribution in [1.82, 2.24) is 0 Å². The predicted molar refractivity (Wildman–Crippen MR) is 74.3 cm³/mol. The van der Waals surface area contributed by atoms with Crippen molar-refractivity contribution in [2.45, 2.75) is 38.9 Å². The lowest BCUT2D eigenvalue weighted by Gasteiger charge is -2.16. The molecule has 1 aromatic rings. The number of unbranched alkanes of at least 4 members (excludes halogenated alkanes) is 1. The Morgan fingerprint density at radius 3 is 2.65 bits per heavy atom. The molecule has 0 spiro atoms. The number of rotatable bonds is 9. The summed E-state index contributed by atoms with van der Waals surface area (Å²) in [5.74, 6) is -0.203. The number of benzene rings is 1. The molecule has 0 aliphatic carbocycles. The first-order valence-corrected chi connectivity index (χ1v) is 6.90. The number of halogens is 1. The topological polar surface area (TPSA) is 58.9 Å². The molecular formula is C15H23FO4. The fraction of sp³-hybridized carbons (Fsp3) is 0.600. The summed E-state index contributed by atoms with van der Waals surface area (Å²) in [6.07, 6.45) is 0.442. The van der Waals surface area contributed by atoms with Crippen molar-refractivity contribution in [2.24, 2.45) is 0 Å². The molecule has 0 amide bonds. The van der Waals surface area contributed by atoms with Gasteiger partial charge in [-0.05, 0) is 25.5 Å². The van der Waals surface area contributed by atoms with Gasteiger partial charge in [-0.1, -0.05) is 13.3 Å². The van der Waals surface area contributed by atoms with Crippen LogP contribution in [0.5, 0.6) is 5.75 Å². The molecule has 5 heteroatoms. The standard InChI is InChI=1S/C15H23FO4/c1-3-4-7-19-9-13(18)10-20-15-8-12(16)5-6-14(15)11(2)17/h5-6,8,11,13,17-18H,3-4,7,9-10H2,1-2H3/t11-,13?/m0/s1. The molecule has 4 nitrogen and oxygen atoms in total. The van der Waals surface area contributed by atoms with Crippen LogP contribution < -0.4 is 4.74 Å². The lowest BCUT2D eigenvalue weighted by molar-refractivity contribution is 0.0106. The average molecular weight is 286 g/mol. The van der Waals surface area contributed by atoms with Crippen molar-refractivity contribution in [2.75, 3.05) is 19.8 Å². The van der Waals surface area contributed by atoms with Crippen LogP contribution in [0.2, 0.25) is 0 Å². The van der Waals surface area contributed by atoms with Crippen LogP contribution in [-0.2, 0) is 4.74 Å². The van der Waals surface area contributed by atoms with Gasteiger partial charge in [-0.2, -0.15) is 0 Å². The molecule has 2 N–H and O–H groups in total. The Labute approximate surface area is 119 Å². The van der Waals surface area contributed by atoms with Gasteiger partial charge in [0.25, 0.3) is 0 Å². The first-order valence-electron chi connectivity index (χ1n) is 6.90. The normalized spacial score (nSPS) is 14.1. The van der Waals surface area contributed by atoms with Gasteiger partial charge in [-0.15, -0.1) is 0 Å². The number of hydrogen-bond acceptors (Lipinski definition) is 4. The molecule has 0 saturated carbocycles. The summed E-state index contributed by atoms with van der Waals surface area (Å²) in [6.45, 7) is 4.41. The van der Waals surface area contributed by atoms with Crippen LogP contribution in [0.15, 0.2) is 18.2 Å². The number of aliphatic hydroxyl groups excluding tert-OH is 2. The van der Waals surface area contributed by atoms with Crippen molar-refractivity contribution in [3.63, 3.8) is 0 Å². The highest BCUT2D eigenvalue weighted by Gasteiger charge is 2.12. The highest BCUT2D eigenvalue weighted by molar-refractivity contribution is 5.35. The minimum absolute atomic E-state index is 0.00466. The summed E-state index contributed by atoms with van der Waals surface area (Å²) in [7, 11) is 0. The van der Waals surface area contributed by atoms with Crippen molar-refractivity contribution < 1.29 is 24.1 Å². The molecule has 0 fully saturated rings. The summed E-state index contributed by atoms with van der Waals surface area (Å²) >= 11 is 0. The Morgan fingerprint density at radius 1 is 1.25 bits per heavy atom. The van der Waals surface area contributed by atoms with Gasteiger partial charge in [0.15, 0.2) is 0 Å². The maximum atomic E-state index is 13.2. The van der Waals surface area contributed by atoms with Gasteiger partial charge in [0.05, 0.1) is 12.7 Å². The molecule has 0 saturated heterocycles. The van der Waals surface area contributed by atoms with Gasteiger partial charge < -0.3 is 19.7 Å². The summed E-state index contributed by atoms with van der Waals surface area (Å²) in [6, 6.07) is 3.94. The summed E-state index contributed by atoms with van der Waals surface area (Å²) in [5, 5.41) is 19.3. The van der Waals surface area contributed by atoms with E-state index in [2.05, 4.69) is 6.92 Å². The van der Waals surface area contributed by atoms with Crippen molar-refractivity contribution in [3.8, 4) is 5.75 Å². The largest absolute Gasteiger partial charge is 0.490 e. The third kappa shape index (κ3) is 5.86. The molecule has 0 bridgehead atoms. The molecule has 0 aliphatic rings. The molecule has 114 valence electrons. The monoisotopic (exact) mass is 286 g/mol. The first-order chi connectivity index (χ1) is 9.54. The van der Waals surface area contributed by atoms with Gasteiger partial charge in [0.2, 0.25) is 0 Å². The zero-order valence-electron chi connectivity index (χ0n) is 12.0. The van der Waals surface area contributed by atoms with Gasteiger partial charge in [-0.3, -0.25) is 0 Å².